The van der Waals surface area contributed by atoms with Gasteiger partial charge in [0.2, 0.25) is 6.10 Å². The number of nitrogens with two attached hydrogens (primary N) is 1. The van der Waals surface area contributed by atoms with E-state index >= 15 is 0 Å². The minimum atomic E-state index is -1.08. The van der Waals surface area contributed by atoms with Crippen LogP contribution in [0, 0.1) is 12.8 Å². The smallest absolute Gasteiger partial charge is 0.348 e. The van der Waals surface area contributed by atoms with Gasteiger partial charge in [-0.05, 0) is 62.4 Å². The number of nitrogens with zero attached hydrogens (tertiary/aromatic N) is 1. The fourth-order valence-electron chi connectivity index (χ4n) is 4.17. The number of anilines is 1. The van der Waals surface area contributed by atoms with Crippen LogP contribution in [0.3, 0.4) is 0 Å². The molecule has 8 heteroatoms. The predicted octanol–water partition coefficient (Wildman–Crippen LogP) is 4.33. The molecule has 31 heavy (non-hydrogen) atoms. The topological polar surface area (TPSA) is 85.0 Å². The van der Waals surface area contributed by atoms with Crippen LogP contribution in [0.1, 0.15) is 29.5 Å². The monoisotopic (exact) mass is 466 g/mol. The highest BCUT2D eigenvalue weighted by molar-refractivity contribution is 6.33. The van der Waals surface area contributed by atoms with Crippen molar-refractivity contribution in [1.82, 2.24) is 4.90 Å². The third kappa shape index (κ3) is 5.37. The molecule has 0 amide bonds. The summed E-state index contributed by atoms with van der Waals surface area (Å²) in [7, 11) is 0. The Hall–Kier alpha value is -2.15. The number of carboxylic acids is 1. The summed E-state index contributed by atoms with van der Waals surface area (Å²) in [5, 5.41) is 9.59. The standard InChI is InChI=1S/C23H27ClN2O4.ClH/c1-14-2-4-16(5-3-14)12-26-8-6-15(7-9-26)10-17-11-18(24)20(25)22-21(17)29-13-19(30-22)23(27)28;/h2-5,11,15,19H,6-10,12-13,25H2,1H3,(H,27,28);1H. The van der Waals surface area contributed by atoms with E-state index in [-0.39, 0.29) is 30.5 Å². The van der Waals surface area contributed by atoms with Gasteiger partial charge in [0, 0.05) is 6.54 Å². The third-order valence-electron chi connectivity index (χ3n) is 5.96. The van der Waals surface area contributed by atoms with E-state index in [9.17, 15) is 9.90 Å². The fraction of sp³-hybridized carbons (Fsp3) is 0.435. The first-order chi connectivity index (χ1) is 14.4. The molecule has 0 radical (unpaired) electrons. The second-order valence-electron chi connectivity index (χ2n) is 8.25. The van der Waals surface area contributed by atoms with Crippen LogP contribution >= 0.6 is 24.0 Å². The highest BCUT2D eigenvalue weighted by atomic mass is 35.5. The number of benzene rings is 2. The zero-order valence-corrected chi connectivity index (χ0v) is 19.0. The number of likely N-dealkylation sites (tertiary alicyclic amines) is 1. The normalized spacial score (nSPS) is 19.0. The molecule has 0 spiro atoms. The molecular weight excluding hydrogens is 439 g/mol. The highest BCUT2D eigenvalue weighted by Crippen LogP contribution is 2.45. The molecule has 2 aromatic rings. The first-order valence-electron chi connectivity index (χ1n) is 10.3. The average molecular weight is 467 g/mol. The molecule has 0 aliphatic carbocycles. The molecule has 6 nitrogen and oxygen atoms in total. The van der Waals surface area contributed by atoms with E-state index in [1.54, 1.807) is 0 Å². The van der Waals surface area contributed by atoms with Crippen molar-refractivity contribution in [3.63, 3.8) is 0 Å². The molecule has 3 N–H and O–H groups in total. The van der Waals surface area contributed by atoms with Crippen LogP contribution in [0.25, 0.3) is 0 Å². The molecule has 168 valence electrons. The average Bonchev–Trinajstić information content (AvgIpc) is 2.74. The van der Waals surface area contributed by atoms with Gasteiger partial charge >= 0.3 is 5.97 Å². The Bertz CT molecular complexity index is 928. The van der Waals surface area contributed by atoms with Crippen LogP contribution in [0.4, 0.5) is 5.69 Å². The predicted molar refractivity (Wildman–Crippen MR) is 124 cm³/mol. The first kappa shape index (κ1) is 23.5. The summed E-state index contributed by atoms with van der Waals surface area (Å²) in [5.74, 6) is 0.218. The number of aryl methyl sites for hydroxylation is 1. The molecule has 1 fully saturated rings. The van der Waals surface area contributed by atoms with Crippen molar-refractivity contribution in [2.75, 3.05) is 25.4 Å². The van der Waals surface area contributed by atoms with Gasteiger partial charge in [-0.15, -0.1) is 12.4 Å². The zero-order valence-electron chi connectivity index (χ0n) is 17.5. The summed E-state index contributed by atoms with van der Waals surface area (Å²) in [6.07, 6.45) is 1.90. The van der Waals surface area contributed by atoms with Crippen molar-refractivity contribution < 1.29 is 19.4 Å². The minimum Gasteiger partial charge on any atom is -0.485 e. The molecule has 4 rings (SSSR count). The quantitative estimate of drug-likeness (QED) is 0.637. The van der Waals surface area contributed by atoms with Crippen molar-refractivity contribution in [3.05, 3.63) is 52.0 Å². The number of carboxylic acid groups (broad SMARTS) is 1. The van der Waals surface area contributed by atoms with E-state index in [0.29, 0.717) is 16.7 Å². The zero-order chi connectivity index (χ0) is 21.3. The Morgan fingerprint density at radius 1 is 1.23 bits per heavy atom. The molecule has 1 saturated heterocycles. The Morgan fingerprint density at radius 2 is 1.90 bits per heavy atom. The van der Waals surface area contributed by atoms with Crippen LogP contribution in [-0.4, -0.2) is 41.8 Å². The third-order valence-corrected chi connectivity index (χ3v) is 6.27. The number of nitrogen functional groups attached to an aromatic ring is 1. The number of hydrogen-bond acceptors (Lipinski definition) is 5. The maximum absolute atomic E-state index is 11.3. The molecule has 2 aliphatic heterocycles. The van der Waals surface area contributed by atoms with Crippen molar-refractivity contribution >= 4 is 35.7 Å². The largest absolute Gasteiger partial charge is 0.485 e. The van der Waals surface area contributed by atoms with E-state index in [1.807, 2.05) is 6.07 Å². The van der Waals surface area contributed by atoms with Gasteiger partial charge in [-0.2, -0.15) is 0 Å². The van der Waals surface area contributed by atoms with Crippen LogP contribution in [0.15, 0.2) is 30.3 Å². The molecule has 1 atom stereocenters. The number of halogens is 2. The Kier molecular flexibility index (Phi) is 7.57. The van der Waals surface area contributed by atoms with Crippen molar-refractivity contribution in [3.8, 4) is 11.5 Å². The van der Waals surface area contributed by atoms with E-state index in [4.69, 9.17) is 26.8 Å². The number of fused-ring (bicyclic) bond motifs is 1. The van der Waals surface area contributed by atoms with Crippen LogP contribution < -0.4 is 15.2 Å². The van der Waals surface area contributed by atoms with Crippen LogP contribution in [-0.2, 0) is 17.8 Å². The van der Waals surface area contributed by atoms with E-state index < -0.39 is 12.1 Å². The summed E-state index contributed by atoms with van der Waals surface area (Å²) in [5.41, 5.74) is 9.82. The number of piperidine rings is 1. The van der Waals surface area contributed by atoms with Crippen molar-refractivity contribution in [1.29, 1.82) is 0 Å². The minimum absolute atomic E-state index is 0. The summed E-state index contributed by atoms with van der Waals surface area (Å²) in [4.78, 5) is 13.7. The lowest BCUT2D eigenvalue weighted by molar-refractivity contribution is -0.147. The molecule has 2 aromatic carbocycles. The Morgan fingerprint density at radius 3 is 2.55 bits per heavy atom. The second-order valence-corrected chi connectivity index (χ2v) is 8.66. The van der Waals surface area contributed by atoms with Gasteiger partial charge in [0.1, 0.15) is 6.61 Å². The van der Waals surface area contributed by atoms with Gasteiger partial charge in [0.05, 0.1) is 10.7 Å². The SMILES string of the molecule is Cc1ccc(CN2CCC(Cc3cc(Cl)c(N)c4c3OCC(C(=O)O)O4)CC2)cc1.Cl. The summed E-state index contributed by atoms with van der Waals surface area (Å²) < 4.78 is 11.3. The van der Waals surface area contributed by atoms with Gasteiger partial charge < -0.3 is 20.3 Å². The number of ether oxygens (including phenoxy) is 2. The van der Waals surface area contributed by atoms with E-state index in [0.717, 1.165) is 44.5 Å². The summed E-state index contributed by atoms with van der Waals surface area (Å²) in [6, 6.07) is 10.6. The molecular formula is C23H28Cl2N2O4. The van der Waals surface area contributed by atoms with Crippen molar-refractivity contribution in [2.45, 2.75) is 38.8 Å². The Labute approximate surface area is 193 Å². The van der Waals surface area contributed by atoms with E-state index in [1.165, 1.54) is 11.1 Å². The maximum atomic E-state index is 11.3. The van der Waals surface area contributed by atoms with Crippen LogP contribution in [0.2, 0.25) is 5.02 Å². The van der Waals surface area contributed by atoms with Gasteiger partial charge in [-0.1, -0.05) is 41.4 Å². The maximum Gasteiger partial charge on any atom is 0.348 e. The fourth-order valence-corrected chi connectivity index (χ4v) is 4.39. The number of rotatable bonds is 5. The molecule has 0 saturated carbocycles. The van der Waals surface area contributed by atoms with Gasteiger partial charge in [0.25, 0.3) is 0 Å². The molecule has 1 unspecified atom stereocenters. The number of hydrogen-bond donors (Lipinski definition) is 2. The number of aliphatic carboxylic acids is 1. The lowest BCUT2D eigenvalue weighted by Gasteiger charge is -2.33. The molecule has 2 aliphatic rings. The Balaban J connectivity index is 0.00000272. The van der Waals surface area contributed by atoms with Crippen molar-refractivity contribution in [2.24, 2.45) is 5.92 Å². The molecule has 0 aromatic heterocycles. The van der Waals surface area contributed by atoms with Gasteiger partial charge in [-0.3, -0.25) is 4.90 Å². The lowest BCUT2D eigenvalue weighted by atomic mass is 9.89. The summed E-state index contributed by atoms with van der Waals surface area (Å²) >= 11 is 6.30. The lowest BCUT2D eigenvalue weighted by Crippen LogP contribution is -2.37. The second kappa shape index (κ2) is 9.98. The molecule has 2 heterocycles. The van der Waals surface area contributed by atoms with Gasteiger partial charge in [0.15, 0.2) is 11.5 Å². The molecule has 0 bridgehead atoms. The van der Waals surface area contributed by atoms with Crippen LogP contribution in [0.5, 0.6) is 11.5 Å². The number of carbonyl (C=O) groups is 1. The van der Waals surface area contributed by atoms with Gasteiger partial charge in [-0.25, -0.2) is 4.79 Å². The highest BCUT2D eigenvalue weighted by Gasteiger charge is 2.32. The first-order valence-corrected chi connectivity index (χ1v) is 10.7. The van der Waals surface area contributed by atoms with E-state index in [2.05, 4.69) is 36.1 Å². The summed E-state index contributed by atoms with van der Waals surface area (Å²) in [6.45, 7) is 5.13.